The van der Waals surface area contributed by atoms with Crippen LogP contribution in [0.15, 0.2) is 24.3 Å². The number of hydrogen-bond donors (Lipinski definition) is 3. The molecule has 2 aliphatic carbocycles. The first-order chi connectivity index (χ1) is 23.7. The number of aryl methyl sites for hydroxylation is 2. The Labute approximate surface area is 288 Å². The Bertz CT molecular complexity index is 2120. The van der Waals surface area contributed by atoms with Crippen molar-refractivity contribution in [2.45, 2.75) is 94.1 Å². The van der Waals surface area contributed by atoms with E-state index in [-0.39, 0.29) is 71.1 Å². The van der Waals surface area contributed by atoms with Crippen molar-refractivity contribution in [3.8, 4) is 0 Å². The second-order valence-corrected chi connectivity index (χ2v) is 18.0. The van der Waals surface area contributed by atoms with Crippen LogP contribution in [-0.4, -0.2) is 35.7 Å². The quantitative estimate of drug-likeness (QED) is 0.108. The Morgan fingerprint density at radius 2 is 1.10 bits per heavy atom. The van der Waals surface area contributed by atoms with Crippen LogP contribution in [0.5, 0.6) is 0 Å². The Morgan fingerprint density at radius 1 is 0.673 bits per heavy atom. The van der Waals surface area contributed by atoms with Crippen molar-refractivity contribution in [1.29, 1.82) is 0 Å². The third-order valence-electron chi connectivity index (χ3n) is 9.01. The lowest BCUT2D eigenvalue weighted by molar-refractivity contribution is -0.272. The van der Waals surface area contributed by atoms with Gasteiger partial charge >= 0.3 is 24.7 Å². The summed E-state index contributed by atoms with van der Waals surface area (Å²) in [6.07, 6.45) is -20.1. The molecule has 2 atom stereocenters. The summed E-state index contributed by atoms with van der Waals surface area (Å²) in [5, 5.41) is 9.98. The number of aromatic amines is 2. The monoisotopic (exact) mass is 768 g/mol. The lowest BCUT2D eigenvalue weighted by atomic mass is 9.82. The average Bonchev–Trinajstić information content (AvgIpc) is 3.57. The number of hydrogen-bond acceptors (Lipinski definition) is 2. The van der Waals surface area contributed by atoms with E-state index in [4.69, 9.17) is 17.6 Å². The molecule has 4 aromatic rings. The zero-order valence-electron chi connectivity index (χ0n) is 27.3. The molecule has 19 heteroatoms. The third kappa shape index (κ3) is 6.62. The van der Waals surface area contributed by atoms with E-state index in [0.717, 1.165) is 6.07 Å². The SMILES string of the molecule is [C-]#[N+]c1cc(C(F)(F)F)c2[nH]c3c(c2c1)CCCC3(O)C(F)(F)F.[C-]#[N+]c1cc(C(F)(F)F)c2[nH]c3c(c2c1)CCCC3(O[Si](C)(C)C)C(F)(F)F. The van der Waals surface area contributed by atoms with E-state index in [1.54, 1.807) is 19.6 Å². The first-order valence-corrected chi connectivity index (χ1v) is 18.9. The number of nitrogens with zero attached hydrogens (tertiary/aromatic N) is 2. The zero-order valence-corrected chi connectivity index (χ0v) is 28.3. The van der Waals surface area contributed by atoms with Gasteiger partial charge in [0.1, 0.15) is 0 Å². The van der Waals surface area contributed by atoms with Crippen molar-refractivity contribution in [2.75, 3.05) is 0 Å². The molecular formula is C33H28F12N4O2Si. The lowest BCUT2D eigenvalue weighted by Gasteiger charge is -2.42. The van der Waals surface area contributed by atoms with Gasteiger partial charge in [0.05, 0.1) is 46.7 Å². The summed E-state index contributed by atoms with van der Waals surface area (Å²) in [6, 6.07) is 3.58. The molecule has 0 bridgehead atoms. The average molecular weight is 769 g/mol. The predicted octanol–water partition coefficient (Wildman–Crippen LogP) is 11.5. The molecule has 0 fully saturated rings. The van der Waals surface area contributed by atoms with Gasteiger partial charge in [-0.3, -0.25) is 0 Å². The van der Waals surface area contributed by atoms with E-state index in [0.29, 0.717) is 12.1 Å². The third-order valence-corrected chi connectivity index (χ3v) is 9.98. The Kier molecular flexibility index (Phi) is 9.34. The maximum absolute atomic E-state index is 14.2. The fourth-order valence-electron chi connectivity index (χ4n) is 7.00. The predicted molar refractivity (Wildman–Crippen MR) is 167 cm³/mol. The minimum atomic E-state index is -5.02. The van der Waals surface area contributed by atoms with E-state index in [1.807, 2.05) is 0 Å². The Morgan fingerprint density at radius 3 is 1.48 bits per heavy atom. The van der Waals surface area contributed by atoms with Gasteiger partial charge in [0.15, 0.2) is 25.3 Å². The second kappa shape index (κ2) is 12.4. The topological polar surface area (TPSA) is 69.8 Å². The number of halogens is 12. The number of H-pyrrole nitrogens is 2. The number of fused-ring (bicyclic) bond motifs is 6. The largest absolute Gasteiger partial charge is 0.422 e. The van der Waals surface area contributed by atoms with Crippen molar-refractivity contribution < 1.29 is 62.2 Å². The van der Waals surface area contributed by atoms with E-state index >= 15 is 0 Å². The molecule has 2 unspecified atom stereocenters. The van der Waals surface area contributed by atoms with E-state index < -0.39 is 78.5 Å². The van der Waals surface area contributed by atoms with Gasteiger partial charge < -0.3 is 19.5 Å². The minimum Gasteiger partial charge on any atom is -0.399 e. The van der Waals surface area contributed by atoms with Crippen molar-refractivity contribution >= 4 is 41.5 Å². The highest BCUT2D eigenvalue weighted by Crippen LogP contribution is 2.54. The summed E-state index contributed by atoms with van der Waals surface area (Å²) in [5.41, 5.74) is -10.7. The highest BCUT2D eigenvalue weighted by atomic mass is 28.4. The van der Waals surface area contributed by atoms with Crippen LogP contribution in [0.2, 0.25) is 19.6 Å². The molecule has 2 heterocycles. The van der Waals surface area contributed by atoms with Gasteiger partial charge in [-0.1, -0.05) is 0 Å². The standard InChI is InChI=1S/C18H18F6N2OSi.C15H10F6N2O/c1-25-10-8-12-11-6-5-7-16(18(22,23)24,27-28(2,3)4)15(11)26-14(12)13(9-10)17(19,20)21;1-22-7-5-9-8-3-2-4-13(24,15(19,20)21)12(8)23-11(9)10(6-7)14(16,17)18/h8-9,26H,5-7H2,2-4H3;5-6,23-24H,2-4H2. The lowest BCUT2D eigenvalue weighted by Crippen LogP contribution is -2.52. The van der Waals surface area contributed by atoms with Crippen LogP contribution in [0.25, 0.3) is 31.5 Å². The molecule has 2 aromatic carbocycles. The minimum absolute atomic E-state index is 0.00308. The molecule has 0 radical (unpaired) electrons. The number of rotatable bonds is 2. The molecule has 280 valence electrons. The van der Waals surface area contributed by atoms with E-state index in [2.05, 4.69) is 19.7 Å². The fourth-order valence-corrected chi connectivity index (χ4v) is 8.36. The molecular weight excluding hydrogens is 740 g/mol. The first kappa shape index (κ1) is 39.0. The molecule has 0 saturated carbocycles. The molecule has 6 rings (SSSR count). The molecule has 0 amide bonds. The number of aromatic nitrogens is 2. The van der Waals surface area contributed by atoms with Crippen LogP contribution >= 0.6 is 0 Å². The number of aliphatic hydroxyl groups is 1. The summed E-state index contributed by atoms with van der Waals surface area (Å²) >= 11 is 0. The van der Waals surface area contributed by atoms with Gasteiger partial charge in [-0.25, -0.2) is 9.69 Å². The molecule has 6 nitrogen and oxygen atoms in total. The number of alkyl halides is 12. The van der Waals surface area contributed by atoms with E-state index in [1.165, 1.54) is 6.07 Å². The highest BCUT2D eigenvalue weighted by Gasteiger charge is 2.61. The Balaban J connectivity index is 0.000000203. The summed E-state index contributed by atoms with van der Waals surface area (Å²) in [5.74, 6) is 0. The summed E-state index contributed by atoms with van der Waals surface area (Å²) in [7, 11) is -2.72. The smallest absolute Gasteiger partial charge is 0.399 e. The van der Waals surface area contributed by atoms with Crippen molar-refractivity contribution in [1.82, 2.24) is 9.97 Å². The van der Waals surface area contributed by atoms with Crippen LogP contribution in [0.3, 0.4) is 0 Å². The zero-order chi connectivity index (χ0) is 39.0. The first-order valence-electron chi connectivity index (χ1n) is 15.5. The van der Waals surface area contributed by atoms with Gasteiger partial charge in [0.25, 0.3) is 0 Å². The molecule has 0 aliphatic heterocycles. The number of benzene rings is 2. The fraction of sp³-hybridized carbons (Fsp3) is 0.455. The van der Waals surface area contributed by atoms with Crippen LogP contribution in [0, 0.1) is 13.1 Å². The molecule has 3 N–H and O–H groups in total. The number of nitrogens with one attached hydrogen (secondary N) is 2. The van der Waals surface area contributed by atoms with Gasteiger partial charge in [-0.2, -0.15) is 52.7 Å². The molecule has 52 heavy (non-hydrogen) atoms. The Hall–Kier alpha value is -4.20. The van der Waals surface area contributed by atoms with Gasteiger partial charge in [0, 0.05) is 0 Å². The van der Waals surface area contributed by atoms with Crippen LogP contribution < -0.4 is 0 Å². The van der Waals surface area contributed by atoms with Crippen molar-refractivity contribution in [3.05, 3.63) is 80.7 Å². The molecule has 2 aliphatic rings. The van der Waals surface area contributed by atoms with Crippen LogP contribution in [0.4, 0.5) is 64.1 Å². The maximum Gasteiger partial charge on any atom is 0.422 e. The van der Waals surface area contributed by atoms with Crippen molar-refractivity contribution in [2.24, 2.45) is 0 Å². The van der Waals surface area contributed by atoms with Gasteiger partial charge in [0.2, 0.25) is 5.60 Å². The maximum atomic E-state index is 14.2. The summed E-state index contributed by atoms with van der Waals surface area (Å²) in [6.45, 7) is 18.8. The highest BCUT2D eigenvalue weighted by molar-refractivity contribution is 6.69. The molecule has 0 spiro atoms. The van der Waals surface area contributed by atoms with Crippen LogP contribution in [-0.2, 0) is 40.8 Å². The summed E-state index contributed by atoms with van der Waals surface area (Å²) < 4.78 is 168. The van der Waals surface area contributed by atoms with Gasteiger partial charge in [-0.15, -0.1) is 0 Å². The second-order valence-electron chi connectivity index (χ2n) is 13.6. The van der Waals surface area contributed by atoms with Crippen LogP contribution in [0.1, 0.15) is 59.3 Å². The van der Waals surface area contributed by atoms with E-state index in [9.17, 15) is 57.8 Å². The van der Waals surface area contributed by atoms with Gasteiger partial charge in [-0.05, 0) is 104 Å². The molecule has 2 aromatic heterocycles. The summed E-state index contributed by atoms with van der Waals surface area (Å²) in [4.78, 5) is 10.6. The molecule has 0 saturated heterocycles. The normalized spacial score (nSPS) is 21.2. The van der Waals surface area contributed by atoms with Crippen molar-refractivity contribution in [3.63, 3.8) is 0 Å².